The van der Waals surface area contributed by atoms with E-state index in [9.17, 15) is 14.4 Å². The van der Waals surface area contributed by atoms with Crippen LogP contribution in [0.2, 0.25) is 5.02 Å². The number of urea groups is 1. The number of piperidine rings is 1. The van der Waals surface area contributed by atoms with Gasteiger partial charge < -0.3 is 15.0 Å². The fraction of sp³-hybridized carbons (Fsp3) is 0.375. The number of anilines is 2. The van der Waals surface area contributed by atoms with E-state index in [2.05, 4.69) is 5.32 Å². The molecule has 2 aromatic carbocycles. The monoisotopic (exact) mass is 455 g/mol. The lowest BCUT2D eigenvalue weighted by Crippen LogP contribution is -2.51. The summed E-state index contributed by atoms with van der Waals surface area (Å²) in [7, 11) is 0. The third-order valence-corrected chi connectivity index (χ3v) is 6.14. The molecule has 1 saturated heterocycles. The van der Waals surface area contributed by atoms with Gasteiger partial charge in [0, 0.05) is 35.3 Å². The van der Waals surface area contributed by atoms with Gasteiger partial charge in [-0.15, -0.1) is 0 Å². The largest absolute Gasteiger partial charge is 0.487 e. The Morgan fingerprint density at radius 3 is 2.41 bits per heavy atom. The molecule has 2 aromatic rings. The minimum Gasteiger partial charge on any atom is -0.487 e. The van der Waals surface area contributed by atoms with Gasteiger partial charge in [-0.25, -0.2) is 4.79 Å². The van der Waals surface area contributed by atoms with E-state index in [1.807, 2.05) is 6.92 Å². The van der Waals surface area contributed by atoms with Crippen molar-refractivity contribution in [3.05, 3.63) is 53.1 Å². The fourth-order valence-electron chi connectivity index (χ4n) is 4.13. The molecule has 0 aromatic heterocycles. The Hall–Kier alpha value is -3.06. The standard InChI is InChI=1S/C24H26ClN3O4/c1-15-14-28(21-13-19(25)5-8-22(21)32-15)24(31)27-11-9-18(10-12-27)23(30)26-20-6-3-17(4-7-20)16(2)29/h3-8,13,15,18H,9-12,14H2,1-2H3,(H,26,30)/t15-/m1/s1. The van der Waals surface area contributed by atoms with Gasteiger partial charge in [-0.3, -0.25) is 14.5 Å². The molecule has 1 N–H and O–H groups in total. The molecule has 0 unspecified atom stereocenters. The lowest BCUT2D eigenvalue weighted by Gasteiger charge is -2.39. The zero-order valence-electron chi connectivity index (χ0n) is 18.1. The molecule has 4 rings (SSSR count). The zero-order valence-corrected chi connectivity index (χ0v) is 18.9. The number of carbonyl (C=O) groups is 3. The van der Waals surface area contributed by atoms with Gasteiger partial charge in [0.2, 0.25) is 5.91 Å². The first-order valence-electron chi connectivity index (χ1n) is 10.8. The maximum atomic E-state index is 13.3. The van der Waals surface area contributed by atoms with E-state index in [-0.39, 0.29) is 29.7 Å². The Balaban J connectivity index is 1.36. The van der Waals surface area contributed by atoms with Gasteiger partial charge >= 0.3 is 6.03 Å². The summed E-state index contributed by atoms with van der Waals surface area (Å²) < 4.78 is 5.84. The van der Waals surface area contributed by atoms with E-state index in [1.54, 1.807) is 52.3 Å². The van der Waals surface area contributed by atoms with E-state index in [1.165, 1.54) is 6.92 Å². The molecule has 0 radical (unpaired) electrons. The number of rotatable bonds is 3. The minimum atomic E-state index is -0.170. The molecule has 168 valence electrons. The predicted octanol–water partition coefficient (Wildman–Crippen LogP) is 4.60. The second-order valence-corrected chi connectivity index (χ2v) is 8.75. The number of halogens is 1. The molecular weight excluding hydrogens is 430 g/mol. The fourth-order valence-corrected chi connectivity index (χ4v) is 4.29. The van der Waals surface area contributed by atoms with Crippen LogP contribution < -0.4 is 15.0 Å². The molecule has 2 aliphatic rings. The number of nitrogens with zero attached hydrogens (tertiary/aromatic N) is 2. The van der Waals surface area contributed by atoms with Crippen molar-refractivity contribution in [3.8, 4) is 5.75 Å². The SMILES string of the molecule is CC(=O)c1ccc(NC(=O)C2CCN(C(=O)N3C[C@@H](C)Oc4ccc(Cl)cc43)CC2)cc1. The molecule has 0 bridgehead atoms. The minimum absolute atomic E-state index is 0.0144. The van der Waals surface area contributed by atoms with Crippen molar-refractivity contribution in [2.45, 2.75) is 32.8 Å². The number of ketones is 1. The van der Waals surface area contributed by atoms with Gasteiger partial charge in [0.1, 0.15) is 11.9 Å². The van der Waals surface area contributed by atoms with E-state index < -0.39 is 0 Å². The lowest BCUT2D eigenvalue weighted by molar-refractivity contribution is -0.121. The summed E-state index contributed by atoms with van der Waals surface area (Å²) in [4.78, 5) is 40.8. The average Bonchev–Trinajstić information content (AvgIpc) is 2.79. The number of nitrogens with one attached hydrogen (secondary N) is 1. The molecule has 32 heavy (non-hydrogen) atoms. The first-order chi connectivity index (χ1) is 15.3. The first-order valence-corrected chi connectivity index (χ1v) is 11.1. The van der Waals surface area contributed by atoms with E-state index in [4.69, 9.17) is 16.3 Å². The van der Waals surface area contributed by atoms with Gasteiger partial charge in [0.05, 0.1) is 12.2 Å². The Morgan fingerprint density at radius 1 is 1.06 bits per heavy atom. The van der Waals surface area contributed by atoms with Crippen LogP contribution in [0.25, 0.3) is 0 Å². The van der Waals surface area contributed by atoms with Crippen LogP contribution in [0.5, 0.6) is 5.75 Å². The Kier molecular flexibility index (Phi) is 6.37. The second-order valence-electron chi connectivity index (χ2n) is 8.32. The van der Waals surface area contributed by atoms with Crippen LogP contribution in [0, 0.1) is 5.92 Å². The van der Waals surface area contributed by atoms with Gasteiger partial charge in [-0.1, -0.05) is 11.6 Å². The zero-order chi connectivity index (χ0) is 22.8. The summed E-state index contributed by atoms with van der Waals surface area (Å²) in [6.07, 6.45) is 1.06. The Morgan fingerprint density at radius 2 is 1.75 bits per heavy atom. The number of benzene rings is 2. The van der Waals surface area contributed by atoms with Gasteiger partial charge in [-0.2, -0.15) is 0 Å². The van der Waals surface area contributed by atoms with Crippen molar-refractivity contribution in [2.75, 3.05) is 29.9 Å². The van der Waals surface area contributed by atoms with E-state index >= 15 is 0 Å². The number of carbonyl (C=O) groups excluding carboxylic acids is 3. The predicted molar refractivity (Wildman–Crippen MR) is 124 cm³/mol. The van der Waals surface area contributed by atoms with E-state index in [0.717, 1.165) is 0 Å². The smallest absolute Gasteiger partial charge is 0.324 e. The summed E-state index contributed by atoms with van der Waals surface area (Å²) in [6, 6.07) is 12.1. The van der Waals surface area contributed by atoms with Crippen molar-refractivity contribution in [2.24, 2.45) is 5.92 Å². The van der Waals surface area contributed by atoms with Crippen LogP contribution >= 0.6 is 11.6 Å². The van der Waals surface area contributed by atoms with Crippen LogP contribution in [0.3, 0.4) is 0 Å². The molecule has 7 nitrogen and oxygen atoms in total. The lowest BCUT2D eigenvalue weighted by atomic mass is 9.96. The third kappa shape index (κ3) is 4.72. The van der Waals surface area contributed by atoms with Crippen molar-refractivity contribution in [1.29, 1.82) is 0 Å². The number of likely N-dealkylation sites (tertiary alicyclic amines) is 1. The van der Waals surface area contributed by atoms with Crippen molar-refractivity contribution in [3.63, 3.8) is 0 Å². The number of hydrogen-bond acceptors (Lipinski definition) is 4. The topological polar surface area (TPSA) is 79.0 Å². The Labute approximate surface area is 192 Å². The number of ether oxygens (including phenoxy) is 1. The normalized spacial score (nSPS) is 18.5. The van der Waals surface area contributed by atoms with Crippen LogP contribution in [-0.4, -0.2) is 48.4 Å². The van der Waals surface area contributed by atoms with Crippen LogP contribution in [0.15, 0.2) is 42.5 Å². The highest BCUT2D eigenvalue weighted by Crippen LogP contribution is 2.36. The summed E-state index contributed by atoms with van der Waals surface area (Å²) >= 11 is 6.15. The first kappa shape index (κ1) is 22.1. The van der Waals surface area contributed by atoms with Gasteiger partial charge in [0.25, 0.3) is 0 Å². The van der Waals surface area contributed by atoms with Gasteiger partial charge in [-0.05, 0) is 69.2 Å². The highest BCUT2D eigenvalue weighted by Gasteiger charge is 2.34. The highest BCUT2D eigenvalue weighted by molar-refractivity contribution is 6.31. The third-order valence-electron chi connectivity index (χ3n) is 5.91. The molecule has 8 heteroatoms. The highest BCUT2D eigenvalue weighted by atomic mass is 35.5. The summed E-state index contributed by atoms with van der Waals surface area (Å²) in [5.41, 5.74) is 1.94. The average molecular weight is 456 g/mol. The molecule has 0 aliphatic carbocycles. The molecule has 2 heterocycles. The van der Waals surface area contributed by atoms with Crippen LogP contribution in [-0.2, 0) is 4.79 Å². The molecule has 3 amide bonds. The maximum Gasteiger partial charge on any atom is 0.324 e. The molecule has 1 atom stereocenters. The van der Waals surface area contributed by atoms with Gasteiger partial charge in [0.15, 0.2) is 5.78 Å². The van der Waals surface area contributed by atoms with Crippen LogP contribution in [0.1, 0.15) is 37.0 Å². The molecule has 0 spiro atoms. The second kappa shape index (κ2) is 9.20. The molecular formula is C24H26ClN3O4. The molecule has 0 saturated carbocycles. The van der Waals surface area contributed by atoms with Crippen molar-refractivity contribution in [1.82, 2.24) is 4.90 Å². The molecule has 2 aliphatic heterocycles. The summed E-state index contributed by atoms with van der Waals surface area (Å²) in [5, 5.41) is 3.46. The number of amides is 3. The summed E-state index contributed by atoms with van der Waals surface area (Å²) in [6.45, 7) is 4.89. The van der Waals surface area contributed by atoms with Crippen LogP contribution in [0.4, 0.5) is 16.2 Å². The summed E-state index contributed by atoms with van der Waals surface area (Å²) in [5.74, 6) is 0.396. The number of Topliss-reactive ketones (excluding diaryl/α,β-unsaturated/α-hetero) is 1. The number of hydrogen-bond donors (Lipinski definition) is 1. The Bertz CT molecular complexity index is 1030. The van der Waals surface area contributed by atoms with E-state index in [0.29, 0.717) is 60.2 Å². The number of fused-ring (bicyclic) bond motifs is 1. The van der Waals surface area contributed by atoms with Crippen molar-refractivity contribution < 1.29 is 19.1 Å². The maximum absolute atomic E-state index is 13.3. The van der Waals surface area contributed by atoms with Crippen molar-refractivity contribution >= 4 is 40.7 Å². The molecule has 1 fully saturated rings. The quantitative estimate of drug-likeness (QED) is 0.686.